The minimum absolute atomic E-state index is 0.0156. The average Bonchev–Trinajstić information content (AvgIpc) is 3.03. The number of anilines is 1. The maximum absolute atomic E-state index is 12.0. The Balaban J connectivity index is 1.88. The van der Waals surface area contributed by atoms with Crippen LogP contribution in [0.15, 0.2) is 35.7 Å². The van der Waals surface area contributed by atoms with E-state index in [2.05, 4.69) is 11.4 Å². The van der Waals surface area contributed by atoms with E-state index >= 15 is 0 Å². The highest BCUT2D eigenvalue weighted by Gasteiger charge is 2.09. The van der Waals surface area contributed by atoms with Crippen molar-refractivity contribution in [3.63, 3.8) is 0 Å². The van der Waals surface area contributed by atoms with Gasteiger partial charge in [0.15, 0.2) is 11.5 Å². The van der Waals surface area contributed by atoms with Crippen molar-refractivity contribution in [2.75, 3.05) is 24.3 Å². The van der Waals surface area contributed by atoms with E-state index in [1.807, 2.05) is 37.4 Å². The molecule has 0 spiro atoms. The number of carbonyl (C=O) groups is 1. The lowest BCUT2D eigenvalue weighted by atomic mass is 10.2. The summed E-state index contributed by atoms with van der Waals surface area (Å²) in [7, 11) is 0. The molecule has 0 atom stereocenters. The summed E-state index contributed by atoms with van der Waals surface area (Å²) in [5.74, 6) is 2.61. The molecular weight excluding hydrogens is 330 g/mol. The molecule has 2 rings (SSSR count). The van der Waals surface area contributed by atoms with Gasteiger partial charge in [0.05, 0.1) is 19.0 Å². The molecule has 124 valence electrons. The van der Waals surface area contributed by atoms with Gasteiger partial charge in [-0.3, -0.25) is 4.79 Å². The van der Waals surface area contributed by atoms with Gasteiger partial charge >= 0.3 is 0 Å². The van der Waals surface area contributed by atoms with E-state index in [4.69, 9.17) is 9.47 Å². The maximum Gasteiger partial charge on any atom is 0.234 e. The molecule has 1 aromatic heterocycles. The van der Waals surface area contributed by atoms with Crippen LogP contribution in [0.4, 0.5) is 5.69 Å². The first kappa shape index (κ1) is 17.7. The van der Waals surface area contributed by atoms with Crippen molar-refractivity contribution in [2.45, 2.75) is 19.6 Å². The number of carbonyl (C=O) groups excluding carboxylic acids is 1. The Hall–Kier alpha value is -1.66. The molecule has 0 unspecified atom stereocenters. The third-order valence-corrected chi connectivity index (χ3v) is 4.93. The highest BCUT2D eigenvalue weighted by molar-refractivity contribution is 7.99. The molecular formula is C17H21NO3S2. The summed E-state index contributed by atoms with van der Waals surface area (Å²) in [4.78, 5) is 13.3. The predicted molar refractivity (Wildman–Crippen MR) is 97.9 cm³/mol. The van der Waals surface area contributed by atoms with Gasteiger partial charge in [-0.1, -0.05) is 6.07 Å². The summed E-state index contributed by atoms with van der Waals surface area (Å²) < 4.78 is 11.1. The Morgan fingerprint density at radius 3 is 2.65 bits per heavy atom. The van der Waals surface area contributed by atoms with Gasteiger partial charge in [0, 0.05) is 22.4 Å². The lowest BCUT2D eigenvalue weighted by Crippen LogP contribution is -2.14. The van der Waals surface area contributed by atoms with Gasteiger partial charge in [-0.15, -0.1) is 23.1 Å². The summed E-state index contributed by atoms with van der Waals surface area (Å²) in [6, 6.07) is 9.56. The van der Waals surface area contributed by atoms with E-state index in [1.54, 1.807) is 29.2 Å². The second-order valence-electron chi connectivity index (χ2n) is 4.65. The number of thioether (sulfide) groups is 1. The van der Waals surface area contributed by atoms with Crippen LogP contribution in [0.25, 0.3) is 0 Å². The standard InChI is InChI=1S/C17H21NO3S2/c1-3-20-15-8-7-13(10-16(15)21-4-2)18-17(19)12-22-11-14-6-5-9-23-14/h5-10H,3-4,11-12H2,1-2H3,(H,18,19). The number of thiophene rings is 1. The Morgan fingerprint density at radius 2 is 1.96 bits per heavy atom. The molecule has 23 heavy (non-hydrogen) atoms. The Bertz CT molecular complexity index is 614. The molecule has 0 saturated carbocycles. The fourth-order valence-corrected chi connectivity index (χ4v) is 3.63. The molecule has 2 aromatic rings. The minimum atomic E-state index is -0.0156. The van der Waals surface area contributed by atoms with E-state index in [1.165, 1.54) is 4.88 Å². The lowest BCUT2D eigenvalue weighted by Gasteiger charge is -2.13. The first-order chi connectivity index (χ1) is 11.2. The van der Waals surface area contributed by atoms with E-state index in [0.29, 0.717) is 30.5 Å². The Labute approximate surface area is 145 Å². The smallest absolute Gasteiger partial charge is 0.234 e. The van der Waals surface area contributed by atoms with Crippen molar-refractivity contribution in [3.8, 4) is 11.5 Å². The van der Waals surface area contributed by atoms with E-state index < -0.39 is 0 Å². The van der Waals surface area contributed by atoms with Gasteiger partial charge in [0.2, 0.25) is 5.91 Å². The molecule has 1 aromatic carbocycles. The lowest BCUT2D eigenvalue weighted by molar-refractivity contribution is -0.113. The van der Waals surface area contributed by atoms with Gasteiger partial charge in [-0.25, -0.2) is 0 Å². The van der Waals surface area contributed by atoms with Crippen LogP contribution in [0, 0.1) is 0 Å². The number of ether oxygens (including phenoxy) is 2. The minimum Gasteiger partial charge on any atom is -0.490 e. The first-order valence-corrected chi connectivity index (χ1v) is 9.56. The third kappa shape index (κ3) is 5.80. The molecule has 0 aliphatic rings. The zero-order chi connectivity index (χ0) is 16.5. The molecule has 0 saturated heterocycles. The molecule has 1 heterocycles. The number of benzene rings is 1. The van der Waals surface area contributed by atoms with Crippen molar-refractivity contribution in [1.82, 2.24) is 0 Å². The van der Waals surface area contributed by atoms with E-state index in [-0.39, 0.29) is 5.91 Å². The zero-order valence-corrected chi connectivity index (χ0v) is 15.0. The highest BCUT2D eigenvalue weighted by Crippen LogP contribution is 2.30. The first-order valence-electron chi connectivity index (χ1n) is 7.52. The highest BCUT2D eigenvalue weighted by atomic mass is 32.2. The van der Waals surface area contributed by atoms with Crippen LogP contribution in [0.2, 0.25) is 0 Å². The summed E-state index contributed by atoms with van der Waals surface area (Å²) >= 11 is 3.32. The Morgan fingerprint density at radius 1 is 1.17 bits per heavy atom. The summed E-state index contributed by atoms with van der Waals surface area (Å²) in [6.07, 6.45) is 0. The SMILES string of the molecule is CCOc1ccc(NC(=O)CSCc2cccs2)cc1OCC. The molecule has 1 amide bonds. The normalized spacial score (nSPS) is 10.3. The number of hydrogen-bond donors (Lipinski definition) is 1. The molecule has 0 radical (unpaired) electrons. The van der Waals surface area contributed by atoms with Crippen LogP contribution in [0.3, 0.4) is 0 Å². The van der Waals surface area contributed by atoms with Crippen molar-refractivity contribution >= 4 is 34.7 Å². The zero-order valence-electron chi connectivity index (χ0n) is 13.3. The van der Waals surface area contributed by atoms with Crippen LogP contribution in [-0.4, -0.2) is 24.9 Å². The number of hydrogen-bond acceptors (Lipinski definition) is 5. The number of rotatable bonds is 9. The molecule has 0 aliphatic heterocycles. The van der Waals surface area contributed by atoms with E-state index in [0.717, 1.165) is 11.4 Å². The average molecular weight is 351 g/mol. The molecule has 0 bridgehead atoms. The Kier molecular flexibility index (Phi) is 7.29. The summed E-state index contributed by atoms with van der Waals surface area (Å²) in [5, 5.41) is 4.95. The topological polar surface area (TPSA) is 47.6 Å². The summed E-state index contributed by atoms with van der Waals surface area (Å²) in [5.41, 5.74) is 0.721. The quantitative estimate of drug-likeness (QED) is 0.726. The summed E-state index contributed by atoms with van der Waals surface area (Å²) in [6.45, 7) is 4.97. The maximum atomic E-state index is 12.0. The van der Waals surface area contributed by atoms with Crippen LogP contribution in [0.5, 0.6) is 11.5 Å². The van der Waals surface area contributed by atoms with Gasteiger partial charge in [-0.05, 0) is 37.4 Å². The van der Waals surface area contributed by atoms with Crippen molar-refractivity contribution in [3.05, 3.63) is 40.6 Å². The molecule has 1 N–H and O–H groups in total. The third-order valence-electron chi connectivity index (χ3n) is 2.88. The number of nitrogens with one attached hydrogen (secondary N) is 1. The monoisotopic (exact) mass is 351 g/mol. The van der Waals surface area contributed by atoms with Crippen LogP contribution in [0.1, 0.15) is 18.7 Å². The fourth-order valence-electron chi connectivity index (χ4n) is 1.96. The number of amides is 1. The van der Waals surface area contributed by atoms with E-state index in [9.17, 15) is 4.79 Å². The second kappa shape index (κ2) is 9.47. The molecule has 4 nitrogen and oxygen atoms in total. The fraction of sp³-hybridized carbons (Fsp3) is 0.353. The molecule has 0 aliphatic carbocycles. The van der Waals surface area contributed by atoms with Crippen molar-refractivity contribution < 1.29 is 14.3 Å². The van der Waals surface area contributed by atoms with Crippen molar-refractivity contribution in [2.24, 2.45) is 0 Å². The van der Waals surface area contributed by atoms with Gasteiger partial charge in [0.1, 0.15) is 0 Å². The van der Waals surface area contributed by atoms with Crippen LogP contribution >= 0.6 is 23.1 Å². The van der Waals surface area contributed by atoms with Gasteiger partial charge < -0.3 is 14.8 Å². The van der Waals surface area contributed by atoms with Crippen LogP contribution < -0.4 is 14.8 Å². The van der Waals surface area contributed by atoms with Crippen molar-refractivity contribution in [1.29, 1.82) is 0 Å². The predicted octanol–water partition coefficient (Wildman–Crippen LogP) is 4.42. The molecule has 0 fully saturated rings. The second-order valence-corrected chi connectivity index (χ2v) is 6.67. The van der Waals surface area contributed by atoms with Gasteiger partial charge in [0.25, 0.3) is 0 Å². The van der Waals surface area contributed by atoms with Gasteiger partial charge in [-0.2, -0.15) is 0 Å². The molecule has 6 heteroatoms. The largest absolute Gasteiger partial charge is 0.490 e. The van der Waals surface area contributed by atoms with Crippen LogP contribution in [-0.2, 0) is 10.5 Å².